The SMILES string of the molecule is CCC(C)c1ccc(C(CC)CCO)cc1. The summed E-state index contributed by atoms with van der Waals surface area (Å²) in [5.41, 5.74) is 2.79. The number of aliphatic hydroxyl groups excluding tert-OH is 1. The zero-order chi connectivity index (χ0) is 12.0. The second kappa shape index (κ2) is 6.70. The van der Waals surface area contributed by atoms with Crippen LogP contribution >= 0.6 is 0 Å². The first-order valence-electron chi connectivity index (χ1n) is 6.43. The van der Waals surface area contributed by atoms with Gasteiger partial charge in [-0.05, 0) is 42.2 Å². The fourth-order valence-electron chi connectivity index (χ4n) is 2.09. The Morgan fingerprint density at radius 1 is 1.00 bits per heavy atom. The third-order valence-corrected chi connectivity index (χ3v) is 3.56. The molecular formula is C15H24O. The largest absolute Gasteiger partial charge is 0.396 e. The van der Waals surface area contributed by atoms with Crippen molar-refractivity contribution in [1.29, 1.82) is 0 Å². The Morgan fingerprint density at radius 3 is 2.00 bits per heavy atom. The summed E-state index contributed by atoms with van der Waals surface area (Å²) < 4.78 is 0. The molecule has 1 aromatic carbocycles. The van der Waals surface area contributed by atoms with Crippen LogP contribution in [0.2, 0.25) is 0 Å². The number of hydrogen-bond acceptors (Lipinski definition) is 1. The average Bonchev–Trinajstić information content (AvgIpc) is 2.35. The number of aliphatic hydroxyl groups is 1. The van der Waals surface area contributed by atoms with Gasteiger partial charge in [0.25, 0.3) is 0 Å². The van der Waals surface area contributed by atoms with E-state index in [2.05, 4.69) is 45.0 Å². The monoisotopic (exact) mass is 220 g/mol. The molecule has 0 amide bonds. The molecule has 0 saturated carbocycles. The molecule has 0 heterocycles. The Kier molecular flexibility index (Phi) is 5.54. The Bertz CT molecular complexity index is 289. The van der Waals surface area contributed by atoms with Crippen LogP contribution in [0.15, 0.2) is 24.3 Å². The van der Waals surface area contributed by atoms with Gasteiger partial charge < -0.3 is 5.11 Å². The van der Waals surface area contributed by atoms with Crippen molar-refractivity contribution in [3.8, 4) is 0 Å². The van der Waals surface area contributed by atoms with E-state index in [0.717, 1.165) is 12.8 Å². The Morgan fingerprint density at radius 2 is 1.56 bits per heavy atom. The van der Waals surface area contributed by atoms with Crippen molar-refractivity contribution >= 4 is 0 Å². The summed E-state index contributed by atoms with van der Waals surface area (Å²) in [6, 6.07) is 8.93. The first-order valence-corrected chi connectivity index (χ1v) is 6.43. The van der Waals surface area contributed by atoms with Gasteiger partial charge in [-0.2, -0.15) is 0 Å². The maximum Gasteiger partial charge on any atom is 0.0436 e. The van der Waals surface area contributed by atoms with E-state index in [4.69, 9.17) is 5.11 Å². The van der Waals surface area contributed by atoms with Crippen molar-refractivity contribution in [3.05, 3.63) is 35.4 Å². The standard InChI is InChI=1S/C15H24O/c1-4-12(3)14-6-8-15(9-7-14)13(5-2)10-11-16/h6-9,12-13,16H,4-5,10-11H2,1-3H3. The van der Waals surface area contributed by atoms with Gasteiger partial charge in [0.2, 0.25) is 0 Å². The summed E-state index contributed by atoms with van der Waals surface area (Å²) in [6.45, 7) is 6.95. The highest BCUT2D eigenvalue weighted by molar-refractivity contribution is 5.27. The van der Waals surface area contributed by atoms with E-state index in [1.807, 2.05) is 0 Å². The van der Waals surface area contributed by atoms with Crippen LogP contribution in [0.4, 0.5) is 0 Å². The van der Waals surface area contributed by atoms with Gasteiger partial charge in [0.1, 0.15) is 0 Å². The summed E-state index contributed by atoms with van der Waals surface area (Å²) in [5, 5.41) is 9.01. The Labute approximate surface area is 99.5 Å². The van der Waals surface area contributed by atoms with E-state index >= 15 is 0 Å². The summed E-state index contributed by atoms with van der Waals surface area (Å²) in [7, 11) is 0. The first-order chi connectivity index (χ1) is 7.72. The highest BCUT2D eigenvalue weighted by atomic mass is 16.3. The molecule has 0 aromatic heterocycles. The van der Waals surface area contributed by atoms with E-state index < -0.39 is 0 Å². The van der Waals surface area contributed by atoms with Gasteiger partial charge in [-0.1, -0.05) is 45.0 Å². The fourth-order valence-corrected chi connectivity index (χ4v) is 2.09. The van der Waals surface area contributed by atoms with Crippen LogP contribution in [0.5, 0.6) is 0 Å². The summed E-state index contributed by atoms with van der Waals surface area (Å²) in [4.78, 5) is 0. The summed E-state index contributed by atoms with van der Waals surface area (Å²) >= 11 is 0. The third-order valence-electron chi connectivity index (χ3n) is 3.56. The molecular weight excluding hydrogens is 196 g/mol. The second-order valence-corrected chi connectivity index (χ2v) is 4.59. The van der Waals surface area contributed by atoms with Gasteiger partial charge in [-0.3, -0.25) is 0 Å². The molecule has 0 bridgehead atoms. The molecule has 16 heavy (non-hydrogen) atoms. The van der Waals surface area contributed by atoms with Gasteiger partial charge in [0.05, 0.1) is 0 Å². The minimum absolute atomic E-state index is 0.283. The molecule has 1 N–H and O–H groups in total. The molecule has 0 aliphatic rings. The van der Waals surface area contributed by atoms with Gasteiger partial charge in [-0.25, -0.2) is 0 Å². The smallest absolute Gasteiger partial charge is 0.0436 e. The summed E-state index contributed by atoms with van der Waals surface area (Å²) in [6.07, 6.45) is 3.16. The minimum Gasteiger partial charge on any atom is -0.396 e. The molecule has 2 unspecified atom stereocenters. The molecule has 90 valence electrons. The van der Waals surface area contributed by atoms with E-state index in [9.17, 15) is 0 Å². The van der Waals surface area contributed by atoms with Crippen molar-refractivity contribution < 1.29 is 5.11 Å². The van der Waals surface area contributed by atoms with Crippen LogP contribution in [0.1, 0.15) is 63.0 Å². The van der Waals surface area contributed by atoms with Crippen LogP contribution in [-0.2, 0) is 0 Å². The zero-order valence-electron chi connectivity index (χ0n) is 10.7. The molecule has 1 aromatic rings. The normalized spacial score (nSPS) is 14.8. The van der Waals surface area contributed by atoms with Crippen molar-refractivity contribution in [1.82, 2.24) is 0 Å². The van der Waals surface area contributed by atoms with Gasteiger partial charge in [-0.15, -0.1) is 0 Å². The van der Waals surface area contributed by atoms with Crippen molar-refractivity contribution in [2.45, 2.75) is 51.9 Å². The van der Waals surface area contributed by atoms with Gasteiger partial charge >= 0.3 is 0 Å². The topological polar surface area (TPSA) is 20.2 Å². The molecule has 0 spiro atoms. The van der Waals surface area contributed by atoms with Crippen LogP contribution in [0.25, 0.3) is 0 Å². The molecule has 1 rings (SSSR count). The molecule has 0 aliphatic heterocycles. The van der Waals surface area contributed by atoms with Gasteiger partial charge in [0, 0.05) is 6.61 Å². The van der Waals surface area contributed by atoms with E-state index in [1.54, 1.807) is 0 Å². The fraction of sp³-hybridized carbons (Fsp3) is 0.600. The quantitative estimate of drug-likeness (QED) is 0.766. The highest BCUT2D eigenvalue weighted by Crippen LogP contribution is 2.25. The van der Waals surface area contributed by atoms with Crippen molar-refractivity contribution in [2.75, 3.05) is 6.61 Å². The second-order valence-electron chi connectivity index (χ2n) is 4.59. The minimum atomic E-state index is 0.283. The molecule has 0 radical (unpaired) electrons. The van der Waals surface area contributed by atoms with Crippen LogP contribution in [0.3, 0.4) is 0 Å². The predicted molar refractivity (Wildman–Crippen MR) is 69.9 cm³/mol. The van der Waals surface area contributed by atoms with E-state index in [1.165, 1.54) is 17.5 Å². The molecule has 0 aliphatic carbocycles. The zero-order valence-corrected chi connectivity index (χ0v) is 10.7. The molecule has 0 fully saturated rings. The van der Waals surface area contributed by atoms with Crippen LogP contribution in [0, 0.1) is 0 Å². The highest BCUT2D eigenvalue weighted by Gasteiger charge is 2.09. The lowest BCUT2D eigenvalue weighted by molar-refractivity contribution is 0.274. The lowest BCUT2D eigenvalue weighted by Crippen LogP contribution is -2.01. The molecule has 0 saturated heterocycles. The van der Waals surface area contributed by atoms with Crippen molar-refractivity contribution in [3.63, 3.8) is 0 Å². The Hall–Kier alpha value is -0.820. The lowest BCUT2D eigenvalue weighted by Gasteiger charge is -2.15. The average molecular weight is 220 g/mol. The third kappa shape index (κ3) is 3.34. The number of rotatable bonds is 6. The number of benzene rings is 1. The molecule has 1 nitrogen and oxygen atoms in total. The lowest BCUT2D eigenvalue weighted by atomic mass is 9.90. The maximum absolute atomic E-state index is 9.01. The van der Waals surface area contributed by atoms with E-state index in [-0.39, 0.29) is 6.61 Å². The number of hydrogen-bond donors (Lipinski definition) is 1. The Balaban J connectivity index is 2.76. The van der Waals surface area contributed by atoms with E-state index in [0.29, 0.717) is 11.8 Å². The van der Waals surface area contributed by atoms with Crippen molar-refractivity contribution in [2.24, 2.45) is 0 Å². The maximum atomic E-state index is 9.01. The molecule has 1 heteroatoms. The van der Waals surface area contributed by atoms with Crippen LogP contribution < -0.4 is 0 Å². The summed E-state index contributed by atoms with van der Waals surface area (Å²) in [5.74, 6) is 1.16. The van der Waals surface area contributed by atoms with Crippen LogP contribution in [-0.4, -0.2) is 11.7 Å². The van der Waals surface area contributed by atoms with Gasteiger partial charge in [0.15, 0.2) is 0 Å². The molecule has 2 atom stereocenters. The first kappa shape index (κ1) is 13.2. The predicted octanol–water partition coefficient (Wildman–Crippen LogP) is 4.08.